The van der Waals surface area contributed by atoms with Crippen molar-refractivity contribution in [2.45, 2.75) is 89.6 Å². The van der Waals surface area contributed by atoms with Gasteiger partial charge in [0, 0.05) is 12.7 Å². The first-order valence-corrected chi connectivity index (χ1v) is 11.5. The molecule has 28 heavy (non-hydrogen) atoms. The van der Waals surface area contributed by atoms with E-state index < -0.39 is 0 Å². The minimum atomic E-state index is 0.486. The zero-order valence-electron chi connectivity index (χ0n) is 17.6. The number of hydrogen-bond donors (Lipinski definition) is 0. The monoisotopic (exact) mass is 379 g/mol. The van der Waals surface area contributed by atoms with E-state index in [9.17, 15) is 0 Å². The molecule has 0 N–H and O–H groups in total. The smallest absolute Gasteiger partial charge is 0.0908 e. The molecule has 0 unspecified atom stereocenters. The number of benzene rings is 1. The highest BCUT2D eigenvalue weighted by Gasteiger charge is 2.25. The van der Waals surface area contributed by atoms with E-state index in [1.54, 1.807) is 6.08 Å². The van der Waals surface area contributed by atoms with Gasteiger partial charge in [0.1, 0.15) is 0 Å². The van der Waals surface area contributed by atoms with Crippen LogP contribution in [0.3, 0.4) is 0 Å². The van der Waals surface area contributed by atoms with Gasteiger partial charge < -0.3 is 4.74 Å². The van der Waals surface area contributed by atoms with E-state index in [0.29, 0.717) is 6.10 Å². The van der Waals surface area contributed by atoms with Crippen molar-refractivity contribution in [3.05, 3.63) is 47.5 Å². The van der Waals surface area contributed by atoms with Gasteiger partial charge in [0.2, 0.25) is 0 Å². The van der Waals surface area contributed by atoms with Crippen molar-refractivity contribution >= 4 is 0 Å². The number of rotatable bonds is 8. The molecule has 152 valence electrons. The van der Waals surface area contributed by atoms with E-state index in [4.69, 9.17) is 10.00 Å². The first-order valence-electron chi connectivity index (χ1n) is 11.5. The van der Waals surface area contributed by atoms with Crippen LogP contribution in [0.4, 0.5) is 0 Å². The van der Waals surface area contributed by atoms with Gasteiger partial charge in [-0.3, -0.25) is 0 Å². The third-order valence-electron chi connectivity index (χ3n) is 7.00. The molecular formula is C26H37NO. The van der Waals surface area contributed by atoms with Crippen molar-refractivity contribution in [3.63, 3.8) is 0 Å². The molecule has 3 rings (SSSR count). The molecule has 0 spiro atoms. The SMILES string of the molecule is CCc1ccc(C2CCC(OCC3CCC(CC/C=C/C#N)CC3)CC2)cc1. The van der Waals surface area contributed by atoms with Gasteiger partial charge in [-0.2, -0.15) is 5.26 Å². The minimum Gasteiger partial charge on any atom is -0.378 e. The lowest BCUT2D eigenvalue weighted by atomic mass is 9.80. The second-order valence-electron chi connectivity index (χ2n) is 8.90. The maximum atomic E-state index is 8.55. The number of aryl methyl sites for hydroxylation is 1. The third kappa shape index (κ3) is 6.49. The summed E-state index contributed by atoms with van der Waals surface area (Å²) in [6.45, 7) is 3.19. The summed E-state index contributed by atoms with van der Waals surface area (Å²) in [5.41, 5.74) is 2.97. The molecule has 2 aliphatic carbocycles. The van der Waals surface area contributed by atoms with Gasteiger partial charge in [-0.25, -0.2) is 0 Å². The largest absolute Gasteiger partial charge is 0.378 e. The number of nitrogens with zero attached hydrogens (tertiary/aromatic N) is 1. The van der Waals surface area contributed by atoms with E-state index in [0.717, 1.165) is 37.2 Å². The molecule has 2 fully saturated rings. The fraction of sp³-hybridized carbons (Fsp3) is 0.654. The molecule has 2 aliphatic rings. The summed E-state index contributed by atoms with van der Waals surface area (Å²) >= 11 is 0. The second kappa shape index (κ2) is 11.4. The zero-order chi connectivity index (χ0) is 19.6. The number of hydrogen-bond acceptors (Lipinski definition) is 2. The number of nitriles is 1. The quantitative estimate of drug-likeness (QED) is 0.457. The van der Waals surface area contributed by atoms with E-state index in [1.807, 2.05) is 6.08 Å². The highest BCUT2D eigenvalue weighted by Crippen LogP contribution is 2.36. The molecule has 0 heterocycles. The van der Waals surface area contributed by atoms with Crippen LogP contribution in [-0.4, -0.2) is 12.7 Å². The molecule has 2 nitrogen and oxygen atoms in total. The summed E-state index contributed by atoms with van der Waals surface area (Å²) in [4.78, 5) is 0. The summed E-state index contributed by atoms with van der Waals surface area (Å²) in [7, 11) is 0. The topological polar surface area (TPSA) is 33.0 Å². The fourth-order valence-electron chi connectivity index (χ4n) is 5.02. The molecule has 2 saturated carbocycles. The Hall–Kier alpha value is -1.59. The van der Waals surface area contributed by atoms with Crippen LogP contribution in [0.5, 0.6) is 0 Å². The zero-order valence-corrected chi connectivity index (χ0v) is 17.6. The Labute approximate surface area is 172 Å². The lowest BCUT2D eigenvalue weighted by molar-refractivity contribution is -0.00474. The Kier molecular flexibility index (Phi) is 8.62. The average Bonchev–Trinajstić information content (AvgIpc) is 2.76. The van der Waals surface area contributed by atoms with Gasteiger partial charge in [0.15, 0.2) is 0 Å². The van der Waals surface area contributed by atoms with Crippen LogP contribution in [0, 0.1) is 23.2 Å². The molecule has 0 aliphatic heterocycles. The van der Waals surface area contributed by atoms with Gasteiger partial charge in [-0.1, -0.05) is 50.1 Å². The molecule has 0 aromatic heterocycles. The summed E-state index contributed by atoms with van der Waals surface area (Å²) in [5, 5.41) is 8.55. The van der Waals surface area contributed by atoms with Gasteiger partial charge in [-0.05, 0) is 86.7 Å². The van der Waals surface area contributed by atoms with Crippen LogP contribution in [0.15, 0.2) is 36.4 Å². The Morgan fingerprint density at radius 2 is 1.64 bits per heavy atom. The maximum absolute atomic E-state index is 8.55. The van der Waals surface area contributed by atoms with Crippen LogP contribution in [0.2, 0.25) is 0 Å². The molecule has 0 radical (unpaired) electrons. The lowest BCUT2D eigenvalue weighted by Gasteiger charge is -2.32. The Morgan fingerprint density at radius 3 is 2.29 bits per heavy atom. The molecule has 2 heteroatoms. The van der Waals surface area contributed by atoms with Crippen LogP contribution in [0.25, 0.3) is 0 Å². The van der Waals surface area contributed by atoms with Crippen molar-refractivity contribution in [3.8, 4) is 6.07 Å². The van der Waals surface area contributed by atoms with Gasteiger partial charge in [0.25, 0.3) is 0 Å². The second-order valence-corrected chi connectivity index (χ2v) is 8.90. The van der Waals surface area contributed by atoms with E-state index >= 15 is 0 Å². The maximum Gasteiger partial charge on any atom is 0.0908 e. The molecule has 1 aromatic rings. The molecule has 1 aromatic carbocycles. The van der Waals surface area contributed by atoms with Crippen molar-refractivity contribution < 1.29 is 4.74 Å². The predicted octanol–water partition coefficient (Wildman–Crippen LogP) is 6.96. The predicted molar refractivity (Wildman–Crippen MR) is 116 cm³/mol. The van der Waals surface area contributed by atoms with Crippen LogP contribution in [0.1, 0.15) is 88.2 Å². The first-order chi connectivity index (χ1) is 13.8. The minimum absolute atomic E-state index is 0.486. The van der Waals surface area contributed by atoms with Gasteiger partial charge in [-0.15, -0.1) is 0 Å². The highest BCUT2D eigenvalue weighted by molar-refractivity contribution is 5.25. The summed E-state index contributed by atoms with van der Waals surface area (Å²) in [5.74, 6) is 2.36. The van der Waals surface area contributed by atoms with Crippen molar-refractivity contribution in [2.75, 3.05) is 6.61 Å². The van der Waals surface area contributed by atoms with Gasteiger partial charge in [0.05, 0.1) is 12.2 Å². The van der Waals surface area contributed by atoms with Crippen LogP contribution >= 0.6 is 0 Å². The van der Waals surface area contributed by atoms with E-state index in [1.165, 1.54) is 68.9 Å². The Morgan fingerprint density at radius 1 is 0.964 bits per heavy atom. The van der Waals surface area contributed by atoms with E-state index in [-0.39, 0.29) is 0 Å². The summed E-state index contributed by atoms with van der Waals surface area (Å²) < 4.78 is 6.34. The van der Waals surface area contributed by atoms with Crippen LogP contribution in [-0.2, 0) is 11.2 Å². The van der Waals surface area contributed by atoms with E-state index in [2.05, 4.69) is 37.3 Å². The molecule has 0 bridgehead atoms. The fourth-order valence-corrected chi connectivity index (χ4v) is 5.02. The highest BCUT2D eigenvalue weighted by atomic mass is 16.5. The van der Waals surface area contributed by atoms with Crippen molar-refractivity contribution in [2.24, 2.45) is 11.8 Å². The van der Waals surface area contributed by atoms with Crippen molar-refractivity contribution in [1.29, 1.82) is 5.26 Å². The summed E-state index contributed by atoms with van der Waals surface area (Å²) in [6, 6.07) is 11.4. The standard InChI is InChI=1S/C26H37NO/c1-2-21-11-13-24(14-12-21)25-15-17-26(18-16-25)28-20-23-9-7-22(8-10-23)6-4-3-5-19-27/h3,5,11-14,22-23,25-26H,2,4,6-10,15-18,20H2,1H3/b5-3+. The molecule has 0 amide bonds. The molecular weight excluding hydrogens is 342 g/mol. The van der Waals surface area contributed by atoms with Gasteiger partial charge >= 0.3 is 0 Å². The lowest BCUT2D eigenvalue weighted by Crippen LogP contribution is -2.25. The Bertz CT molecular complexity index is 625. The van der Waals surface area contributed by atoms with Crippen LogP contribution < -0.4 is 0 Å². The number of ether oxygens (including phenoxy) is 1. The first kappa shape index (κ1) is 21.1. The normalized spacial score (nSPS) is 28.3. The summed E-state index contributed by atoms with van der Waals surface area (Å²) in [6.07, 6.45) is 17.9. The Balaban J connectivity index is 1.30. The average molecular weight is 380 g/mol. The molecule has 0 saturated heterocycles. The third-order valence-corrected chi connectivity index (χ3v) is 7.00. The number of allylic oxidation sites excluding steroid dienone is 2. The molecule has 0 atom stereocenters. The van der Waals surface area contributed by atoms with Crippen molar-refractivity contribution in [1.82, 2.24) is 0 Å².